The number of nitrogens with zero attached hydrogens (tertiary/aromatic N) is 5. The van der Waals surface area contributed by atoms with Crippen molar-refractivity contribution in [1.29, 1.82) is 0 Å². The second-order valence-corrected chi connectivity index (χ2v) is 10.4. The number of ether oxygens (including phenoxy) is 1. The monoisotopic (exact) mass is 525 g/mol. The Bertz CT molecular complexity index is 1510. The molecule has 3 saturated heterocycles. The molecule has 200 valence electrons. The SMILES string of the molecule is O=C(NC1=CN2CC2=C(N2CCC(O)CC2)C=C1)c1n[nH]c2ccc(-c3cncc(N4CCOCC4)c3)cc12. The predicted octanol–water partition coefficient (Wildman–Crippen LogP) is 2.59. The summed E-state index contributed by atoms with van der Waals surface area (Å²) in [4.78, 5) is 24.6. The van der Waals surface area contributed by atoms with E-state index in [0.29, 0.717) is 18.9 Å². The van der Waals surface area contributed by atoms with Gasteiger partial charge in [0.15, 0.2) is 5.69 Å². The number of hydrogen-bond acceptors (Lipinski definition) is 8. The third-order valence-electron chi connectivity index (χ3n) is 7.85. The first-order chi connectivity index (χ1) is 19.1. The summed E-state index contributed by atoms with van der Waals surface area (Å²) in [5.41, 5.74) is 7.32. The zero-order valence-corrected chi connectivity index (χ0v) is 21.6. The first-order valence-electron chi connectivity index (χ1n) is 13.5. The van der Waals surface area contributed by atoms with Gasteiger partial charge in [0.1, 0.15) is 0 Å². The number of allylic oxidation sites excluding steroid dienone is 2. The fourth-order valence-electron chi connectivity index (χ4n) is 5.56. The molecule has 0 atom stereocenters. The molecular formula is C29H31N7O3. The number of aromatic nitrogens is 3. The minimum Gasteiger partial charge on any atom is -0.393 e. The first-order valence-corrected chi connectivity index (χ1v) is 13.5. The number of carbonyl (C=O) groups is 1. The number of aliphatic hydroxyl groups is 1. The molecule has 0 spiro atoms. The van der Waals surface area contributed by atoms with Crippen LogP contribution in [0.3, 0.4) is 0 Å². The van der Waals surface area contributed by atoms with Gasteiger partial charge in [0.2, 0.25) is 0 Å². The quantitative estimate of drug-likeness (QED) is 0.436. The van der Waals surface area contributed by atoms with Crippen LogP contribution in [0.2, 0.25) is 0 Å². The molecule has 6 heterocycles. The van der Waals surface area contributed by atoms with E-state index >= 15 is 0 Å². The lowest BCUT2D eigenvalue weighted by Crippen LogP contribution is -2.36. The van der Waals surface area contributed by atoms with Gasteiger partial charge in [-0.15, -0.1) is 0 Å². The number of nitrogens with one attached hydrogen (secondary N) is 2. The van der Waals surface area contributed by atoms with E-state index in [0.717, 1.165) is 79.0 Å². The highest BCUT2D eigenvalue weighted by Gasteiger charge is 2.32. The van der Waals surface area contributed by atoms with Gasteiger partial charge < -0.3 is 29.9 Å². The normalized spacial score (nSPS) is 19.7. The Morgan fingerprint density at radius 3 is 2.72 bits per heavy atom. The van der Waals surface area contributed by atoms with Crippen molar-refractivity contribution in [3.63, 3.8) is 0 Å². The maximum absolute atomic E-state index is 13.4. The zero-order valence-electron chi connectivity index (χ0n) is 21.6. The van der Waals surface area contributed by atoms with Gasteiger partial charge in [0.05, 0.1) is 60.4 Å². The number of amides is 1. The minimum atomic E-state index is -0.262. The van der Waals surface area contributed by atoms with Crippen molar-refractivity contribution in [3.05, 3.63) is 77.8 Å². The number of rotatable bonds is 5. The van der Waals surface area contributed by atoms with E-state index in [4.69, 9.17) is 4.74 Å². The molecule has 0 unspecified atom stereocenters. The maximum atomic E-state index is 13.4. The summed E-state index contributed by atoms with van der Waals surface area (Å²) >= 11 is 0. The Labute approximate surface area is 226 Å². The summed E-state index contributed by atoms with van der Waals surface area (Å²) in [5.74, 6) is -0.262. The number of carbonyl (C=O) groups excluding carboxylic acids is 1. The molecule has 3 aromatic rings. The Morgan fingerprint density at radius 2 is 1.87 bits per heavy atom. The summed E-state index contributed by atoms with van der Waals surface area (Å²) in [6, 6.07) is 8.11. The molecule has 0 bridgehead atoms. The van der Waals surface area contributed by atoms with Gasteiger partial charge in [0, 0.05) is 49.5 Å². The van der Waals surface area contributed by atoms with E-state index in [-0.39, 0.29) is 12.0 Å². The van der Waals surface area contributed by atoms with Crippen molar-refractivity contribution in [3.8, 4) is 11.1 Å². The summed E-state index contributed by atoms with van der Waals surface area (Å²) in [7, 11) is 0. The number of pyridine rings is 1. The third-order valence-corrected chi connectivity index (χ3v) is 7.85. The van der Waals surface area contributed by atoms with Crippen LogP contribution < -0.4 is 10.2 Å². The van der Waals surface area contributed by atoms with Gasteiger partial charge in [-0.05, 0) is 48.8 Å². The number of benzene rings is 1. The minimum absolute atomic E-state index is 0.209. The lowest BCUT2D eigenvalue weighted by molar-refractivity contribution is 0.0961. The van der Waals surface area contributed by atoms with E-state index in [1.807, 2.05) is 42.9 Å². The molecule has 3 fully saturated rings. The van der Waals surface area contributed by atoms with Crippen molar-refractivity contribution in [2.24, 2.45) is 0 Å². The van der Waals surface area contributed by atoms with E-state index in [1.165, 1.54) is 11.4 Å². The molecule has 0 saturated carbocycles. The first kappa shape index (κ1) is 23.9. The Kier molecular flexibility index (Phi) is 6.05. The number of piperidine rings is 1. The van der Waals surface area contributed by atoms with Crippen LogP contribution in [0, 0.1) is 0 Å². The second kappa shape index (κ2) is 9.87. The van der Waals surface area contributed by atoms with E-state index < -0.39 is 0 Å². The Balaban J connectivity index is 1.10. The van der Waals surface area contributed by atoms with Gasteiger partial charge in [-0.25, -0.2) is 0 Å². The average molecular weight is 526 g/mol. The number of aromatic amines is 1. The molecule has 7 rings (SSSR count). The molecule has 3 N–H and O–H groups in total. The second-order valence-electron chi connectivity index (χ2n) is 10.4. The number of likely N-dealkylation sites (tertiary alicyclic amines) is 1. The molecule has 2 aromatic heterocycles. The number of aliphatic hydroxyl groups excluding tert-OH is 1. The van der Waals surface area contributed by atoms with Crippen molar-refractivity contribution in [2.45, 2.75) is 18.9 Å². The summed E-state index contributed by atoms with van der Waals surface area (Å²) in [5, 5.41) is 21.0. The van der Waals surface area contributed by atoms with Gasteiger partial charge in [-0.2, -0.15) is 5.10 Å². The molecule has 4 aliphatic heterocycles. The highest BCUT2D eigenvalue weighted by atomic mass is 16.5. The van der Waals surface area contributed by atoms with Gasteiger partial charge in [-0.1, -0.05) is 6.07 Å². The molecular weight excluding hydrogens is 494 g/mol. The number of anilines is 1. The predicted molar refractivity (Wildman–Crippen MR) is 148 cm³/mol. The van der Waals surface area contributed by atoms with Crippen molar-refractivity contribution >= 4 is 22.5 Å². The van der Waals surface area contributed by atoms with E-state index in [9.17, 15) is 9.90 Å². The summed E-state index contributed by atoms with van der Waals surface area (Å²) in [6.45, 7) is 5.65. The Hall–Kier alpha value is -4.15. The van der Waals surface area contributed by atoms with Crippen LogP contribution in [0.1, 0.15) is 23.3 Å². The van der Waals surface area contributed by atoms with Crippen molar-refractivity contribution in [1.82, 2.24) is 30.3 Å². The van der Waals surface area contributed by atoms with Gasteiger partial charge >= 0.3 is 0 Å². The van der Waals surface area contributed by atoms with Gasteiger partial charge in [-0.3, -0.25) is 14.9 Å². The average Bonchev–Trinajstić information content (AvgIpc) is 3.63. The largest absolute Gasteiger partial charge is 0.393 e. The summed E-state index contributed by atoms with van der Waals surface area (Å²) in [6.07, 6.45) is 11.1. The standard InChI is InChI=1S/C29H31N7O3/c37-23-5-7-35(8-6-23)26-4-2-21(17-36-18-27(26)36)31-29(38)28-24-14-19(1-3-25(24)32-33-28)20-13-22(16-30-15-20)34-9-11-39-12-10-34/h1-4,13-17,23,37H,5-12,18H2,(H,31,38)(H,32,33). The van der Waals surface area contributed by atoms with Gasteiger partial charge in [0.25, 0.3) is 5.91 Å². The van der Waals surface area contributed by atoms with E-state index in [2.05, 4.69) is 47.3 Å². The fourth-order valence-corrected chi connectivity index (χ4v) is 5.56. The molecule has 1 amide bonds. The van der Waals surface area contributed by atoms with Crippen LogP contribution in [-0.4, -0.2) is 88.0 Å². The summed E-state index contributed by atoms with van der Waals surface area (Å²) < 4.78 is 5.48. The number of fused-ring (bicyclic) bond motifs is 2. The van der Waals surface area contributed by atoms with Crippen LogP contribution in [0.5, 0.6) is 0 Å². The third kappa shape index (κ3) is 4.77. The highest BCUT2D eigenvalue weighted by molar-refractivity contribution is 6.06. The molecule has 4 aliphatic rings. The van der Waals surface area contributed by atoms with Crippen LogP contribution >= 0.6 is 0 Å². The molecule has 0 aliphatic carbocycles. The topological polar surface area (TPSA) is 110 Å². The smallest absolute Gasteiger partial charge is 0.276 e. The molecule has 10 heteroatoms. The fraction of sp³-hybridized carbons (Fsp3) is 0.345. The van der Waals surface area contributed by atoms with Crippen LogP contribution in [-0.2, 0) is 4.74 Å². The number of hydrogen-bond donors (Lipinski definition) is 3. The maximum Gasteiger partial charge on any atom is 0.276 e. The molecule has 1 aromatic carbocycles. The lowest BCUT2D eigenvalue weighted by Gasteiger charge is -2.32. The van der Waals surface area contributed by atoms with Crippen LogP contribution in [0.25, 0.3) is 22.0 Å². The van der Waals surface area contributed by atoms with Crippen LogP contribution in [0.4, 0.5) is 5.69 Å². The van der Waals surface area contributed by atoms with Crippen LogP contribution in [0.15, 0.2) is 72.1 Å². The highest BCUT2D eigenvalue weighted by Crippen LogP contribution is 2.34. The molecule has 39 heavy (non-hydrogen) atoms. The van der Waals surface area contributed by atoms with E-state index in [1.54, 1.807) is 0 Å². The number of H-pyrrole nitrogens is 1. The number of morpholine rings is 1. The molecule has 0 radical (unpaired) electrons. The Morgan fingerprint density at radius 1 is 1.03 bits per heavy atom. The lowest BCUT2D eigenvalue weighted by atomic mass is 10.0. The molecule has 10 nitrogen and oxygen atoms in total. The zero-order chi connectivity index (χ0) is 26.3. The van der Waals surface area contributed by atoms with Crippen molar-refractivity contribution in [2.75, 3.05) is 50.8 Å². The van der Waals surface area contributed by atoms with Crippen molar-refractivity contribution < 1.29 is 14.6 Å².